The van der Waals surface area contributed by atoms with Gasteiger partial charge in [-0.25, -0.2) is 5.43 Å². The molecule has 3 heterocycles. The highest BCUT2D eigenvalue weighted by molar-refractivity contribution is 5.82. The molecule has 0 bridgehead atoms. The van der Waals surface area contributed by atoms with E-state index in [1.165, 1.54) is 32.1 Å². The first-order valence-corrected chi connectivity index (χ1v) is 10.2. The Kier molecular flexibility index (Phi) is 5.82. The number of hydrogen-bond donors (Lipinski definition) is 2. The zero-order valence-electron chi connectivity index (χ0n) is 15.6. The van der Waals surface area contributed by atoms with Crippen LogP contribution >= 0.6 is 0 Å². The maximum atomic E-state index is 13.0. The van der Waals surface area contributed by atoms with Crippen molar-refractivity contribution in [1.82, 2.24) is 25.6 Å². The van der Waals surface area contributed by atoms with Crippen LogP contribution in [0.3, 0.4) is 0 Å². The lowest BCUT2D eigenvalue weighted by molar-refractivity contribution is -0.136. The summed E-state index contributed by atoms with van der Waals surface area (Å²) in [5, 5.41) is 0. The number of aromatic nitrogens is 1. The number of rotatable bonds is 4. The van der Waals surface area contributed by atoms with E-state index < -0.39 is 0 Å². The van der Waals surface area contributed by atoms with Crippen LogP contribution in [0.1, 0.15) is 37.8 Å². The number of piperazine rings is 1. The molecule has 26 heavy (non-hydrogen) atoms. The Labute approximate surface area is 156 Å². The molecule has 2 aliphatic heterocycles. The van der Waals surface area contributed by atoms with Crippen molar-refractivity contribution < 1.29 is 4.79 Å². The summed E-state index contributed by atoms with van der Waals surface area (Å²) in [6, 6.07) is 6.53. The SMILES string of the molecule is O=C(C1NNC2CCCCCC21)N1CCN(CCc2ccccn2)CC1. The number of amides is 1. The highest BCUT2D eigenvalue weighted by Crippen LogP contribution is 2.30. The summed E-state index contributed by atoms with van der Waals surface area (Å²) in [6.45, 7) is 4.64. The normalized spacial score (nSPS) is 30.0. The van der Waals surface area contributed by atoms with Crippen molar-refractivity contribution in [2.75, 3.05) is 32.7 Å². The largest absolute Gasteiger partial charge is 0.339 e. The first-order chi connectivity index (χ1) is 12.8. The lowest BCUT2D eigenvalue weighted by Gasteiger charge is -2.36. The molecule has 0 aromatic carbocycles. The van der Waals surface area contributed by atoms with Crippen LogP contribution in [-0.4, -0.2) is 65.5 Å². The molecular weight excluding hydrogens is 326 g/mol. The van der Waals surface area contributed by atoms with E-state index in [0.29, 0.717) is 17.9 Å². The first-order valence-electron chi connectivity index (χ1n) is 10.2. The van der Waals surface area contributed by atoms with Gasteiger partial charge < -0.3 is 4.90 Å². The van der Waals surface area contributed by atoms with Gasteiger partial charge in [-0.3, -0.25) is 20.1 Å². The third-order valence-corrected chi connectivity index (χ3v) is 6.28. The Morgan fingerprint density at radius 3 is 2.73 bits per heavy atom. The Morgan fingerprint density at radius 2 is 1.92 bits per heavy atom. The van der Waals surface area contributed by atoms with Crippen LogP contribution in [-0.2, 0) is 11.2 Å². The average molecular weight is 358 g/mol. The molecule has 142 valence electrons. The zero-order valence-corrected chi connectivity index (χ0v) is 15.6. The third kappa shape index (κ3) is 4.08. The van der Waals surface area contributed by atoms with E-state index in [4.69, 9.17) is 0 Å². The predicted octanol–water partition coefficient (Wildman–Crippen LogP) is 1.19. The lowest BCUT2D eigenvalue weighted by atomic mass is 9.89. The Hall–Kier alpha value is -1.50. The fourth-order valence-electron chi connectivity index (χ4n) is 4.67. The van der Waals surface area contributed by atoms with Crippen LogP contribution in [0, 0.1) is 5.92 Å². The molecule has 3 aliphatic rings. The summed E-state index contributed by atoms with van der Waals surface area (Å²) < 4.78 is 0. The van der Waals surface area contributed by atoms with Gasteiger partial charge in [0.1, 0.15) is 6.04 Å². The number of fused-ring (bicyclic) bond motifs is 1. The minimum absolute atomic E-state index is 0.0295. The van der Waals surface area contributed by atoms with Crippen LogP contribution in [0.2, 0.25) is 0 Å². The van der Waals surface area contributed by atoms with Gasteiger partial charge in [-0.1, -0.05) is 25.3 Å². The molecule has 3 atom stereocenters. The van der Waals surface area contributed by atoms with E-state index in [0.717, 1.165) is 44.8 Å². The molecule has 3 unspecified atom stereocenters. The monoisotopic (exact) mass is 357 g/mol. The van der Waals surface area contributed by atoms with Crippen molar-refractivity contribution in [3.8, 4) is 0 Å². The molecule has 1 saturated carbocycles. The Bertz CT molecular complexity index is 587. The summed E-state index contributed by atoms with van der Waals surface area (Å²) >= 11 is 0. The summed E-state index contributed by atoms with van der Waals surface area (Å²) in [5.74, 6) is 0.767. The van der Waals surface area contributed by atoms with Crippen molar-refractivity contribution in [3.05, 3.63) is 30.1 Å². The number of carbonyl (C=O) groups is 1. The standard InChI is InChI=1S/C20H31N5O/c26-20(19-17-7-2-1-3-8-18(17)22-23-19)25-14-12-24(13-15-25)11-9-16-6-4-5-10-21-16/h4-6,10,17-19,22-23H,1-3,7-9,11-15H2. The van der Waals surface area contributed by atoms with Crippen LogP contribution < -0.4 is 10.9 Å². The molecule has 1 aromatic rings. The third-order valence-electron chi connectivity index (χ3n) is 6.28. The van der Waals surface area contributed by atoms with Gasteiger partial charge in [0.05, 0.1) is 0 Å². The fourth-order valence-corrected chi connectivity index (χ4v) is 4.67. The molecule has 2 saturated heterocycles. The molecule has 4 rings (SSSR count). The molecular formula is C20H31N5O. The van der Waals surface area contributed by atoms with Crippen molar-refractivity contribution in [2.45, 2.75) is 50.6 Å². The summed E-state index contributed by atoms with van der Waals surface area (Å²) in [5.41, 5.74) is 7.86. The molecule has 1 aromatic heterocycles. The van der Waals surface area contributed by atoms with Gasteiger partial charge in [0.25, 0.3) is 0 Å². The van der Waals surface area contributed by atoms with Gasteiger partial charge >= 0.3 is 0 Å². The van der Waals surface area contributed by atoms with Gasteiger partial charge in [0.15, 0.2) is 0 Å². The van der Waals surface area contributed by atoms with Crippen LogP contribution in [0.4, 0.5) is 0 Å². The maximum absolute atomic E-state index is 13.0. The fraction of sp³-hybridized carbons (Fsp3) is 0.700. The number of nitrogens with one attached hydrogen (secondary N) is 2. The van der Waals surface area contributed by atoms with E-state index in [1.807, 2.05) is 18.3 Å². The van der Waals surface area contributed by atoms with Gasteiger partial charge in [0.2, 0.25) is 5.91 Å². The molecule has 3 fully saturated rings. The van der Waals surface area contributed by atoms with Crippen LogP contribution in [0.15, 0.2) is 24.4 Å². The number of hydrazine groups is 1. The van der Waals surface area contributed by atoms with Crippen molar-refractivity contribution in [2.24, 2.45) is 5.92 Å². The van der Waals surface area contributed by atoms with E-state index in [2.05, 4.69) is 31.7 Å². The van der Waals surface area contributed by atoms with E-state index in [-0.39, 0.29) is 6.04 Å². The van der Waals surface area contributed by atoms with Crippen LogP contribution in [0.5, 0.6) is 0 Å². The number of carbonyl (C=O) groups excluding carboxylic acids is 1. The summed E-state index contributed by atoms with van der Waals surface area (Å²) in [6.07, 6.45) is 9.06. The molecule has 1 aliphatic carbocycles. The number of pyridine rings is 1. The number of nitrogens with zero attached hydrogens (tertiary/aromatic N) is 3. The highest BCUT2D eigenvalue weighted by Gasteiger charge is 2.42. The molecule has 0 spiro atoms. The second-order valence-corrected chi connectivity index (χ2v) is 7.91. The summed E-state index contributed by atoms with van der Waals surface area (Å²) in [4.78, 5) is 22.0. The molecule has 2 N–H and O–H groups in total. The Balaban J connectivity index is 1.26. The predicted molar refractivity (Wildman–Crippen MR) is 101 cm³/mol. The maximum Gasteiger partial charge on any atom is 0.241 e. The highest BCUT2D eigenvalue weighted by atomic mass is 16.2. The zero-order chi connectivity index (χ0) is 17.8. The second-order valence-electron chi connectivity index (χ2n) is 7.91. The van der Waals surface area contributed by atoms with E-state index in [1.54, 1.807) is 0 Å². The molecule has 1 amide bonds. The van der Waals surface area contributed by atoms with Crippen molar-refractivity contribution >= 4 is 5.91 Å². The molecule has 0 radical (unpaired) electrons. The first kappa shape index (κ1) is 17.9. The van der Waals surface area contributed by atoms with Crippen LogP contribution in [0.25, 0.3) is 0 Å². The Morgan fingerprint density at radius 1 is 1.08 bits per heavy atom. The minimum Gasteiger partial charge on any atom is -0.339 e. The van der Waals surface area contributed by atoms with E-state index in [9.17, 15) is 4.79 Å². The topological polar surface area (TPSA) is 60.5 Å². The van der Waals surface area contributed by atoms with Gasteiger partial charge in [0, 0.05) is 63.0 Å². The average Bonchev–Trinajstić information content (AvgIpc) is 2.95. The molecule has 6 heteroatoms. The van der Waals surface area contributed by atoms with Crippen molar-refractivity contribution in [1.29, 1.82) is 0 Å². The van der Waals surface area contributed by atoms with Gasteiger partial charge in [-0.15, -0.1) is 0 Å². The van der Waals surface area contributed by atoms with Crippen molar-refractivity contribution in [3.63, 3.8) is 0 Å². The minimum atomic E-state index is -0.0295. The molecule has 6 nitrogen and oxygen atoms in total. The van der Waals surface area contributed by atoms with Gasteiger partial charge in [-0.05, 0) is 25.0 Å². The van der Waals surface area contributed by atoms with Gasteiger partial charge in [-0.2, -0.15) is 0 Å². The summed E-state index contributed by atoms with van der Waals surface area (Å²) in [7, 11) is 0. The smallest absolute Gasteiger partial charge is 0.241 e. The lowest BCUT2D eigenvalue weighted by Crippen LogP contribution is -2.55. The quantitative estimate of drug-likeness (QED) is 0.848. The van der Waals surface area contributed by atoms with E-state index >= 15 is 0 Å². The second kappa shape index (κ2) is 8.46. The number of hydrogen-bond acceptors (Lipinski definition) is 5.